The topological polar surface area (TPSA) is 41.1 Å². The monoisotopic (exact) mass is 284 g/mol. The fourth-order valence-corrected chi connectivity index (χ4v) is 2.24. The van der Waals surface area contributed by atoms with Crippen molar-refractivity contribution < 1.29 is 0 Å². The van der Waals surface area contributed by atoms with Crippen molar-refractivity contribution in [1.82, 2.24) is 15.3 Å². The Morgan fingerprint density at radius 3 is 2.48 bits per heavy atom. The average Bonchev–Trinajstić information content (AvgIpc) is 2.52. The van der Waals surface area contributed by atoms with Crippen molar-refractivity contribution in [1.29, 1.82) is 0 Å². The first-order valence-electron chi connectivity index (χ1n) is 7.50. The van der Waals surface area contributed by atoms with E-state index in [2.05, 4.69) is 59.2 Å². The molecule has 4 heteroatoms. The molecule has 2 rings (SSSR count). The van der Waals surface area contributed by atoms with Crippen LogP contribution in [0.3, 0.4) is 0 Å². The zero-order valence-corrected chi connectivity index (χ0v) is 13.1. The molecule has 2 heterocycles. The van der Waals surface area contributed by atoms with Gasteiger partial charge in [-0.1, -0.05) is 13.8 Å². The number of hydrogen-bond acceptors (Lipinski definition) is 4. The third-order valence-corrected chi connectivity index (χ3v) is 3.43. The van der Waals surface area contributed by atoms with Gasteiger partial charge in [-0.2, -0.15) is 0 Å². The number of nitrogens with zero attached hydrogens (tertiary/aromatic N) is 3. The van der Waals surface area contributed by atoms with E-state index in [1.807, 2.05) is 24.8 Å². The molecule has 0 fully saturated rings. The van der Waals surface area contributed by atoms with E-state index >= 15 is 0 Å². The summed E-state index contributed by atoms with van der Waals surface area (Å²) in [6.07, 6.45) is 7.50. The number of pyridine rings is 2. The Bertz CT molecular complexity index is 539. The van der Waals surface area contributed by atoms with Gasteiger partial charge in [0.05, 0.1) is 11.9 Å². The second-order valence-corrected chi connectivity index (χ2v) is 5.41. The van der Waals surface area contributed by atoms with E-state index in [0.717, 1.165) is 19.6 Å². The van der Waals surface area contributed by atoms with E-state index in [0.29, 0.717) is 6.04 Å². The molecule has 0 amide bonds. The minimum Gasteiger partial charge on any atom is -0.366 e. The van der Waals surface area contributed by atoms with Crippen LogP contribution in [0.2, 0.25) is 0 Å². The van der Waals surface area contributed by atoms with Gasteiger partial charge in [-0.05, 0) is 36.2 Å². The molecule has 0 saturated carbocycles. The summed E-state index contributed by atoms with van der Waals surface area (Å²) in [7, 11) is 0. The fourth-order valence-electron chi connectivity index (χ4n) is 2.24. The van der Waals surface area contributed by atoms with E-state index in [1.165, 1.54) is 16.8 Å². The number of nitrogens with one attached hydrogen (secondary N) is 1. The highest BCUT2D eigenvalue weighted by Crippen LogP contribution is 2.21. The number of aromatic nitrogens is 2. The summed E-state index contributed by atoms with van der Waals surface area (Å²) in [6, 6.07) is 6.69. The van der Waals surface area contributed by atoms with Crippen LogP contribution in [0.5, 0.6) is 0 Å². The van der Waals surface area contributed by atoms with Crippen molar-refractivity contribution in [2.45, 2.75) is 39.9 Å². The highest BCUT2D eigenvalue weighted by molar-refractivity contribution is 5.52. The molecule has 0 aliphatic carbocycles. The largest absolute Gasteiger partial charge is 0.366 e. The molecule has 4 nitrogen and oxygen atoms in total. The third-order valence-electron chi connectivity index (χ3n) is 3.43. The van der Waals surface area contributed by atoms with Gasteiger partial charge in [0.2, 0.25) is 0 Å². The van der Waals surface area contributed by atoms with Crippen molar-refractivity contribution in [3.05, 3.63) is 54.1 Å². The lowest BCUT2D eigenvalue weighted by molar-refractivity contribution is 0.587. The highest BCUT2D eigenvalue weighted by atomic mass is 15.1. The van der Waals surface area contributed by atoms with E-state index in [-0.39, 0.29) is 0 Å². The number of rotatable bonds is 7. The first-order valence-corrected chi connectivity index (χ1v) is 7.50. The van der Waals surface area contributed by atoms with Gasteiger partial charge in [0.25, 0.3) is 0 Å². The molecule has 0 saturated heterocycles. The molecule has 0 radical (unpaired) electrons. The Morgan fingerprint density at radius 1 is 1.10 bits per heavy atom. The summed E-state index contributed by atoms with van der Waals surface area (Å²) < 4.78 is 0. The van der Waals surface area contributed by atoms with Crippen molar-refractivity contribution in [3.8, 4) is 0 Å². The molecule has 0 atom stereocenters. The molecular formula is C17H24N4. The van der Waals surface area contributed by atoms with Crippen LogP contribution in [0.1, 0.15) is 31.9 Å². The molecule has 112 valence electrons. The standard InChI is InChI=1S/C17H24N4/c1-4-21(13-15-5-8-18-9-6-15)17-12-19-10-7-16(17)11-20-14(2)3/h5-10,12,14,20H,4,11,13H2,1-3H3. The first-order chi connectivity index (χ1) is 10.2. The zero-order chi connectivity index (χ0) is 15.1. The van der Waals surface area contributed by atoms with Crippen LogP contribution in [-0.4, -0.2) is 22.6 Å². The van der Waals surface area contributed by atoms with Gasteiger partial charge in [0, 0.05) is 44.3 Å². The maximum Gasteiger partial charge on any atom is 0.0601 e. The van der Waals surface area contributed by atoms with Crippen LogP contribution >= 0.6 is 0 Å². The van der Waals surface area contributed by atoms with Gasteiger partial charge in [0.15, 0.2) is 0 Å². The minimum atomic E-state index is 0.473. The van der Waals surface area contributed by atoms with Gasteiger partial charge in [-0.15, -0.1) is 0 Å². The van der Waals surface area contributed by atoms with Gasteiger partial charge < -0.3 is 10.2 Å². The maximum absolute atomic E-state index is 4.30. The Kier molecular flexibility index (Phi) is 5.69. The quantitative estimate of drug-likeness (QED) is 0.848. The van der Waals surface area contributed by atoms with Crippen LogP contribution in [0, 0.1) is 0 Å². The zero-order valence-electron chi connectivity index (χ0n) is 13.1. The molecule has 0 bridgehead atoms. The molecule has 0 aliphatic rings. The van der Waals surface area contributed by atoms with E-state index in [1.54, 1.807) is 0 Å². The second-order valence-electron chi connectivity index (χ2n) is 5.41. The summed E-state index contributed by atoms with van der Waals surface area (Å²) in [5.74, 6) is 0. The van der Waals surface area contributed by atoms with Crippen LogP contribution in [0.4, 0.5) is 5.69 Å². The Morgan fingerprint density at radius 2 is 1.81 bits per heavy atom. The smallest absolute Gasteiger partial charge is 0.0601 e. The Hall–Kier alpha value is -1.94. The Balaban J connectivity index is 2.17. The minimum absolute atomic E-state index is 0.473. The molecule has 0 aliphatic heterocycles. The summed E-state index contributed by atoms with van der Waals surface area (Å²) in [4.78, 5) is 10.7. The van der Waals surface area contributed by atoms with E-state index in [4.69, 9.17) is 0 Å². The average molecular weight is 284 g/mol. The van der Waals surface area contributed by atoms with E-state index < -0.39 is 0 Å². The number of hydrogen-bond donors (Lipinski definition) is 1. The summed E-state index contributed by atoms with van der Waals surface area (Å²) in [5.41, 5.74) is 3.75. The first kappa shape index (κ1) is 15.4. The molecule has 0 spiro atoms. The van der Waals surface area contributed by atoms with Crippen molar-refractivity contribution in [3.63, 3.8) is 0 Å². The van der Waals surface area contributed by atoms with Crippen LogP contribution in [0.15, 0.2) is 43.0 Å². The van der Waals surface area contributed by atoms with Crippen molar-refractivity contribution >= 4 is 5.69 Å². The molecule has 21 heavy (non-hydrogen) atoms. The predicted octanol–water partition coefficient (Wildman–Crippen LogP) is 3.00. The van der Waals surface area contributed by atoms with Crippen LogP contribution in [0.25, 0.3) is 0 Å². The molecule has 2 aromatic rings. The Labute approximate surface area is 127 Å². The third kappa shape index (κ3) is 4.53. The normalized spacial score (nSPS) is 10.9. The van der Waals surface area contributed by atoms with Crippen molar-refractivity contribution in [2.24, 2.45) is 0 Å². The predicted molar refractivity (Wildman–Crippen MR) is 87.2 cm³/mol. The summed E-state index contributed by atoms with van der Waals surface area (Å²) in [5, 5.41) is 3.48. The van der Waals surface area contributed by atoms with Gasteiger partial charge in [0.1, 0.15) is 0 Å². The molecule has 0 aromatic carbocycles. The van der Waals surface area contributed by atoms with E-state index in [9.17, 15) is 0 Å². The molecule has 1 N–H and O–H groups in total. The lowest BCUT2D eigenvalue weighted by Crippen LogP contribution is -2.27. The van der Waals surface area contributed by atoms with Gasteiger partial charge >= 0.3 is 0 Å². The maximum atomic E-state index is 4.30. The lowest BCUT2D eigenvalue weighted by Gasteiger charge is -2.26. The molecule has 2 aromatic heterocycles. The lowest BCUT2D eigenvalue weighted by atomic mass is 10.1. The molecular weight excluding hydrogens is 260 g/mol. The van der Waals surface area contributed by atoms with Crippen molar-refractivity contribution in [2.75, 3.05) is 11.4 Å². The number of anilines is 1. The van der Waals surface area contributed by atoms with Gasteiger partial charge in [-0.3, -0.25) is 9.97 Å². The summed E-state index contributed by atoms with van der Waals surface area (Å²) in [6.45, 7) is 9.18. The second kappa shape index (κ2) is 7.74. The van der Waals surface area contributed by atoms with Gasteiger partial charge in [-0.25, -0.2) is 0 Å². The fraction of sp³-hybridized carbons (Fsp3) is 0.412. The van der Waals surface area contributed by atoms with Crippen LogP contribution < -0.4 is 10.2 Å². The summed E-state index contributed by atoms with van der Waals surface area (Å²) >= 11 is 0. The SMILES string of the molecule is CCN(Cc1ccncc1)c1cnccc1CNC(C)C. The highest BCUT2D eigenvalue weighted by Gasteiger charge is 2.10. The van der Waals surface area contributed by atoms with Crippen LogP contribution in [-0.2, 0) is 13.1 Å². The molecule has 0 unspecified atom stereocenters.